The van der Waals surface area contributed by atoms with Crippen LogP contribution in [0.4, 0.5) is 9.18 Å². The summed E-state index contributed by atoms with van der Waals surface area (Å²) in [5.74, 6) is 0.725. The summed E-state index contributed by atoms with van der Waals surface area (Å²) in [5.41, 5.74) is 1.10. The van der Waals surface area contributed by atoms with Gasteiger partial charge in [0.2, 0.25) is 0 Å². The minimum atomic E-state index is -0.302. The van der Waals surface area contributed by atoms with Crippen molar-refractivity contribution in [2.24, 2.45) is 5.92 Å². The number of rotatable bonds is 8. The summed E-state index contributed by atoms with van der Waals surface area (Å²) in [4.78, 5) is 14.8. The Bertz CT molecular complexity index is 748. The SMILES string of the molecule is CC(COc1ccc(F)cc1)NC(=O)N(Cc1ccccc1)CC1CCOCC1. The Morgan fingerprint density at radius 2 is 1.86 bits per heavy atom. The highest BCUT2D eigenvalue weighted by Gasteiger charge is 2.22. The lowest BCUT2D eigenvalue weighted by Gasteiger charge is -2.31. The van der Waals surface area contributed by atoms with Gasteiger partial charge in [-0.1, -0.05) is 30.3 Å². The minimum Gasteiger partial charge on any atom is -0.491 e. The van der Waals surface area contributed by atoms with Gasteiger partial charge >= 0.3 is 6.03 Å². The summed E-state index contributed by atoms with van der Waals surface area (Å²) in [6, 6.07) is 15.6. The summed E-state index contributed by atoms with van der Waals surface area (Å²) in [6.07, 6.45) is 1.95. The second-order valence-corrected chi connectivity index (χ2v) is 7.54. The molecular formula is C23H29FN2O3. The molecule has 0 spiro atoms. The third-order valence-corrected chi connectivity index (χ3v) is 5.01. The number of urea groups is 1. The van der Waals surface area contributed by atoms with E-state index in [0.29, 0.717) is 31.4 Å². The number of ether oxygens (including phenoxy) is 2. The van der Waals surface area contributed by atoms with Crippen LogP contribution in [-0.4, -0.2) is 43.3 Å². The smallest absolute Gasteiger partial charge is 0.318 e. The number of hydrogen-bond acceptors (Lipinski definition) is 3. The van der Waals surface area contributed by atoms with Crippen LogP contribution in [0.1, 0.15) is 25.3 Å². The number of nitrogens with one attached hydrogen (secondary N) is 1. The van der Waals surface area contributed by atoms with Crippen LogP contribution in [0.15, 0.2) is 54.6 Å². The molecule has 0 bridgehead atoms. The largest absolute Gasteiger partial charge is 0.491 e. The van der Waals surface area contributed by atoms with Crippen molar-refractivity contribution in [1.29, 1.82) is 0 Å². The summed E-state index contributed by atoms with van der Waals surface area (Å²) in [7, 11) is 0. The van der Waals surface area contributed by atoms with Gasteiger partial charge < -0.3 is 19.7 Å². The first kappa shape index (κ1) is 21.1. The number of carbonyl (C=O) groups is 1. The number of benzene rings is 2. The van der Waals surface area contributed by atoms with E-state index in [1.165, 1.54) is 12.1 Å². The first-order chi connectivity index (χ1) is 14.1. The van der Waals surface area contributed by atoms with Crippen molar-refractivity contribution in [3.8, 4) is 5.75 Å². The van der Waals surface area contributed by atoms with E-state index < -0.39 is 0 Å². The van der Waals surface area contributed by atoms with Crippen LogP contribution in [0.2, 0.25) is 0 Å². The molecule has 0 radical (unpaired) electrons. The zero-order valence-corrected chi connectivity index (χ0v) is 16.9. The maximum Gasteiger partial charge on any atom is 0.318 e. The quantitative estimate of drug-likeness (QED) is 0.721. The average molecular weight is 400 g/mol. The highest BCUT2D eigenvalue weighted by molar-refractivity contribution is 5.74. The number of carbonyl (C=O) groups excluding carboxylic acids is 1. The second kappa shape index (κ2) is 10.8. The highest BCUT2D eigenvalue weighted by atomic mass is 19.1. The lowest BCUT2D eigenvalue weighted by atomic mass is 9.99. The summed E-state index contributed by atoms with van der Waals surface area (Å²) < 4.78 is 24.1. The van der Waals surface area contributed by atoms with Gasteiger partial charge in [-0.3, -0.25) is 0 Å². The number of halogens is 1. The van der Waals surface area contributed by atoms with Crippen molar-refractivity contribution in [1.82, 2.24) is 10.2 Å². The maximum absolute atomic E-state index is 13.0. The molecule has 1 N–H and O–H groups in total. The van der Waals surface area contributed by atoms with E-state index in [1.54, 1.807) is 12.1 Å². The molecule has 1 atom stereocenters. The molecule has 1 unspecified atom stereocenters. The van der Waals surface area contributed by atoms with Gasteiger partial charge in [0.1, 0.15) is 18.2 Å². The molecule has 3 rings (SSSR count). The Kier molecular flexibility index (Phi) is 7.87. The third-order valence-electron chi connectivity index (χ3n) is 5.01. The number of nitrogens with zero attached hydrogens (tertiary/aromatic N) is 1. The van der Waals surface area contributed by atoms with E-state index in [1.807, 2.05) is 42.2 Å². The van der Waals surface area contributed by atoms with Gasteiger partial charge in [0.15, 0.2) is 0 Å². The molecule has 156 valence electrons. The molecule has 2 aromatic carbocycles. The van der Waals surface area contributed by atoms with E-state index in [4.69, 9.17) is 9.47 Å². The van der Waals surface area contributed by atoms with Gasteiger partial charge in [0.05, 0.1) is 6.04 Å². The maximum atomic E-state index is 13.0. The standard InChI is InChI=1S/C23H29FN2O3/c1-18(17-29-22-9-7-21(24)8-10-22)25-23(27)26(15-19-5-3-2-4-6-19)16-20-11-13-28-14-12-20/h2-10,18,20H,11-17H2,1H3,(H,25,27). The molecule has 1 aliphatic heterocycles. The van der Waals surface area contributed by atoms with Crippen molar-refractivity contribution in [3.63, 3.8) is 0 Å². The summed E-state index contributed by atoms with van der Waals surface area (Å²) >= 11 is 0. The molecule has 0 aromatic heterocycles. The van der Waals surface area contributed by atoms with Crippen LogP contribution < -0.4 is 10.1 Å². The number of amides is 2. The molecule has 29 heavy (non-hydrogen) atoms. The normalized spacial score (nSPS) is 15.5. The van der Waals surface area contributed by atoms with Crippen LogP contribution in [0.5, 0.6) is 5.75 Å². The van der Waals surface area contributed by atoms with Crippen LogP contribution >= 0.6 is 0 Å². The first-order valence-corrected chi connectivity index (χ1v) is 10.2. The molecule has 2 aromatic rings. The Labute approximate surface area is 171 Å². The molecule has 1 saturated heterocycles. The van der Waals surface area contributed by atoms with Gasteiger partial charge in [-0.05, 0) is 55.5 Å². The van der Waals surface area contributed by atoms with E-state index in [9.17, 15) is 9.18 Å². The van der Waals surface area contributed by atoms with Gasteiger partial charge in [-0.2, -0.15) is 0 Å². The van der Waals surface area contributed by atoms with Crippen molar-refractivity contribution in [2.45, 2.75) is 32.4 Å². The first-order valence-electron chi connectivity index (χ1n) is 10.2. The van der Waals surface area contributed by atoms with Crippen molar-refractivity contribution < 1.29 is 18.7 Å². The third kappa shape index (κ3) is 7.06. The fourth-order valence-electron chi connectivity index (χ4n) is 3.36. The molecule has 5 nitrogen and oxygen atoms in total. The Balaban J connectivity index is 1.56. The van der Waals surface area contributed by atoms with E-state index in [2.05, 4.69) is 5.32 Å². The monoisotopic (exact) mass is 400 g/mol. The zero-order valence-electron chi connectivity index (χ0n) is 16.9. The van der Waals surface area contributed by atoms with E-state index in [-0.39, 0.29) is 17.9 Å². The predicted molar refractivity (Wildman–Crippen MR) is 110 cm³/mol. The van der Waals surface area contributed by atoms with Crippen LogP contribution in [0.25, 0.3) is 0 Å². The molecule has 1 fully saturated rings. The Morgan fingerprint density at radius 1 is 1.17 bits per heavy atom. The Morgan fingerprint density at radius 3 is 2.55 bits per heavy atom. The molecular weight excluding hydrogens is 371 g/mol. The zero-order chi connectivity index (χ0) is 20.5. The topological polar surface area (TPSA) is 50.8 Å². The molecule has 1 aliphatic rings. The van der Waals surface area contributed by atoms with Gasteiger partial charge in [0, 0.05) is 26.3 Å². The average Bonchev–Trinajstić information content (AvgIpc) is 2.74. The van der Waals surface area contributed by atoms with Gasteiger partial charge in [-0.25, -0.2) is 9.18 Å². The van der Waals surface area contributed by atoms with Crippen molar-refractivity contribution in [2.75, 3.05) is 26.4 Å². The minimum absolute atomic E-state index is 0.101. The van der Waals surface area contributed by atoms with Crippen molar-refractivity contribution in [3.05, 3.63) is 66.0 Å². The highest BCUT2D eigenvalue weighted by Crippen LogP contribution is 2.18. The summed E-state index contributed by atoms with van der Waals surface area (Å²) in [6.45, 7) is 5.00. The predicted octanol–water partition coefficient (Wildman–Crippen LogP) is 4.23. The molecule has 0 aliphatic carbocycles. The lowest BCUT2D eigenvalue weighted by Crippen LogP contribution is -2.47. The Hall–Kier alpha value is -2.60. The lowest BCUT2D eigenvalue weighted by molar-refractivity contribution is 0.0553. The van der Waals surface area contributed by atoms with E-state index >= 15 is 0 Å². The van der Waals surface area contributed by atoms with Gasteiger partial charge in [-0.15, -0.1) is 0 Å². The summed E-state index contributed by atoms with van der Waals surface area (Å²) in [5, 5.41) is 3.03. The van der Waals surface area contributed by atoms with Crippen molar-refractivity contribution >= 4 is 6.03 Å². The fourth-order valence-corrected chi connectivity index (χ4v) is 3.36. The van der Waals surface area contributed by atoms with Gasteiger partial charge in [0.25, 0.3) is 0 Å². The second-order valence-electron chi connectivity index (χ2n) is 7.54. The number of hydrogen-bond donors (Lipinski definition) is 1. The fraction of sp³-hybridized carbons (Fsp3) is 0.435. The molecule has 0 saturated carbocycles. The molecule has 2 amide bonds. The van der Waals surface area contributed by atoms with Crippen LogP contribution in [0.3, 0.4) is 0 Å². The van der Waals surface area contributed by atoms with E-state index in [0.717, 1.165) is 31.6 Å². The van der Waals surface area contributed by atoms with Crippen LogP contribution in [0, 0.1) is 11.7 Å². The van der Waals surface area contributed by atoms with Crippen LogP contribution in [-0.2, 0) is 11.3 Å². The molecule has 1 heterocycles. The molecule has 6 heteroatoms.